The van der Waals surface area contributed by atoms with Gasteiger partial charge in [0.05, 0.1) is 0 Å². The van der Waals surface area contributed by atoms with Gasteiger partial charge >= 0.3 is 6.03 Å². The Morgan fingerprint density at radius 2 is 1.91 bits per heavy atom. The number of benzene rings is 1. The fourth-order valence-electron chi connectivity index (χ4n) is 3.01. The smallest absolute Gasteiger partial charge is 0.324 e. The Bertz CT molecular complexity index is 554. The predicted octanol–water partition coefficient (Wildman–Crippen LogP) is 1.45. The summed E-state index contributed by atoms with van der Waals surface area (Å²) in [6.45, 7) is 9.35. The summed E-state index contributed by atoms with van der Waals surface area (Å²) in [7, 11) is 0. The van der Waals surface area contributed by atoms with Crippen LogP contribution in [-0.2, 0) is 11.2 Å². The molecule has 23 heavy (non-hydrogen) atoms. The highest BCUT2D eigenvalue weighted by atomic mass is 16.2. The van der Waals surface area contributed by atoms with E-state index in [9.17, 15) is 9.59 Å². The molecule has 0 unspecified atom stereocenters. The van der Waals surface area contributed by atoms with Gasteiger partial charge in [-0.15, -0.1) is 0 Å². The number of urea groups is 1. The lowest BCUT2D eigenvalue weighted by Crippen LogP contribution is -2.93. The molecule has 3 amide bonds. The first-order valence-electron chi connectivity index (χ1n) is 8.47. The van der Waals surface area contributed by atoms with Gasteiger partial charge in [0.1, 0.15) is 6.04 Å². The number of hydrogen-bond donors (Lipinski definition) is 2. The number of amides is 3. The normalized spacial score (nSPS) is 17.3. The van der Waals surface area contributed by atoms with Gasteiger partial charge in [0.2, 0.25) is 0 Å². The standard InChI is InChI=1S/C18H27N3O2/c1-5-14-6-8-15(9-7-14)16(12(2)3)20-13(4)17(22)21-11-10-19-18(21)23/h6-9,12-13,16,20H,5,10-11H2,1-4H3,(H,19,23)/p+1/t13-,16-/m1/s1. The summed E-state index contributed by atoms with van der Waals surface area (Å²) >= 11 is 0. The first-order chi connectivity index (χ1) is 10.9. The van der Waals surface area contributed by atoms with Crippen LogP contribution in [0.4, 0.5) is 4.79 Å². The molecule has 5 heteroatoms. The number of nitrogens with zero attached hydrogens (tertiary/aromatic N) is 1. The van der Waals surface area contributed by atoms with Crippen LogP contribution < -0.4 is 10.6 Å². The van der Waals surface area contributed by atoms with Gasteiger partial charge in [-0.3, -0.25) is 9.69 Å². The van der Waals surface area contributed by atoms with Crippen molar-refractivity contribution in [3.63, 3.8) is 0 Å². The highest BCUT2D eigenvalue weighted by Gasteiger charge is 2.33. The van der Waals surface area contributed by atoms with Crippen LogP contribution in [0.2, 0.25) is 0 Å². The van der Waals surface area contributed by atoms with Gasteiger partial charge in [-0.2, -0.15) is 0 Å². The number of quaternary nitrogens is 1. The third-order valence-corrected chi connectivity index (χ3v) is 4.50. The van der Waals surface area contributed by atoms with Crippen molar-refractivity contribution in [1.29, 1.82) is 0 Å². The van der Waals surface area contributed by atoms with Crippen LogP contribution in [0.25, 0.3) is 0 Å². The zero-order valence-corrected chi connectivity index (χ0v) is 14.5. The summed E-state index contributed by atoms with van der Waals surface area (Å²) in [5, 5.41) is 4.76. The summed E-state index contributed by atoms with van der Waals surface area (Å²) in [4.78, 5) is 25.5. The van der Waals surface area contributed by atoms with Crippen LogP contribution in [0.3, 0.4) is 0 Å². The van der Waals surface area contributed by atoms with Crippen LogP contribution in [0.5, 0.6) is 0 Å². The quantitative estimate of drug-likeness (QED) is 0.834. The summed E-state index contributed by atoms with van der Waals surface area (Å²) in [6.07, 6.45) is 1.02. The molecule has 0 aliphatic carbocycles. The Hall–Kier alpha value is -1.88. The molecule has 1 aromatic carbocycles. The minimum Gasteiger partial charge on any atom is -0.336 e. The van der Waals surface area contributed by atoms with Crippen molar-refractivity contribution in [2.45, 2.75) is 46.2 Å². The van der Waals surface area contributed by atoms with Gasteiger partial charge in [0.15, 0.2) is 6.04 Å². The maximum Gasteiger partial charge on any atom is 0.324 e. The molecule has 3 N–H and O–H groups in total. The van der Waals surface area contributed by atoms with E-state index in [0.29, 0.717) is 19.0 Å². The van der Waals surface area contributed by atoms with Crippen LogP contribution in [0.1, 0.15) is 44.9 Å². The van der Waals surface area contributed by atoms with Gasteiger partial charge in [-0.25, -0.2) is 4.79 Å². The van der Waals surface area contributed by atoms with Crippen molar-refractivity contribution in [2.24, 2.45) is 5.92 Å². The lowest BCUT2D eigenvalue weighted by molar-refractivity contribution is -0.719. The Labute approximate surface area is 138 Å². The van der Waals surface area contributed by atoms with Crippen molar-refractivity contribution in [2.75, 3.05) is 13.1 Å². The molecule has 2 atom stereocenters. The minimum absolute atomic E-state index is 0.115. The number of imide groups is 1. The largest absolute Gasteiger partial charge is 0.336 e. The summed E-state index contributed by atoms with van der Waals surface area (Å²) in [6, 6.07) is 8.25. The molecule has 126 valence electrons. The van der Waals surface area contributed by atoms with E-state index in [1.807, 2.05) is 6.92 Å². The van der Waals surface area contributed by atoms with Crippen LogP contribution in [0, 0.1) is 5.92 Å². The lowest BCUT2D eigenvalue weighted by atomic mass is 9.94. The predicted molar refractivity (Wildman–Crippen MR) is 89.9 cm³/mol. The van der Waals surface area contributed by atoms with E-state index in [0.717, 1.165) is 6.42 Å². The van der Waals surface area contributed by atoms with Gasteiger partial charge < -0.3 is 10.6 Å². The van der Waals surface area contributed by atoms with Crippen molar-refractivity contribution in [3.8, 4) is 0 Å². The molecular formula is C18H28N3O2+. The number of carbonyl (C=O) groups is 2. The van der Waals surface area contributed by atoms with Crippen LogP contribution in [-0.4, -0.2) is 36.0 Å². The summed E-state index contributed by atoms with van der Waals surface area (Å²) < 4.78 is 0. The van der Waals surface area contributed by atoms with Crippen LogP contribution >= 0.6 is 0 Å². The molecule has 0 aromatic heterocycles. The van der Waals surface area contributed by atoms with Crippen molar-refractivity contribution >= 4 is 11.9 Å². The Kier molecular flexibility index (Phi) is 5.77. The monoisotopic (exact) mass is 318 g/mol. The van der Waals surface area contributed by atoms with Gasteiger partial charge in [0.25, 0.3) is 5.91 Å². The van der Waals surface area contributed by atoms with Crippen molar-refractivity contribution in [1.82, 2.24) is 10.2 Å². The topological polar surface area (TPSA) is 66.0 Å². The van der Waals surface area contributed by atoms with E-state index in [1.165, 1.54) is 16.0 Å². The number of rotatable bonds is 6. The Balaban J connectivity index is 2.08. The minimum atomic E-state index is -0.280. The molecule has 1 aliphatic rings. The average Bonchev–Trinajstić information content (AvgIpc) is 2.97. The fourth-order valence-corrected chi connectivity index (χ4v) is 3.01. The zero-order valence-electron chi connectivity index (χ0n) is 14.5. The third kappa shape index (κ3) is 4.10. The molecule has 1 saturated heterocycles. The van der Waals surface area contributed by atoms with Gasteiger partial charge in [-0.05, 0) is 18.9 Å². The molecule has 1 aliphatic heterocycles. The second-order valence-corrected chi connectivity index (χ2v) is 6.57. The van der Waals surface area contributed by atoms with E-state index < -0.39 is 0 Å². The van der Waals surface area contributed by atoms with E-state index in [2.05, 4.69) is 55.7 Å². The van der Waals surface area contributed by atoms with Crippen molar-refractivity contribution in [3.05, 3.63) is 35.4 Å². The van der Waals surface area contributed by atoms with Crippen molar-refractivity contribution < 1.29 is 14.9 Å². The third-order valence-electron chi connectivity index (χ3n) is 4.50. The second kappa shape index (κ2) is 7.59. The van der Waals surface area contributed by atoms with E-state index in [4.69, 9.17) is 0 Å². The molecule has 0 bridgehead atoms. The van der Waals surface area contributed by atoms with E-state index in [1.54, 1.807) is 0 Å². The lowest BCUT2D eigenvalue weighted by Gasteiger charge is -2.25. The first-order valence-corrected chi connectivity index (χ1v) is 8.47. The Morgan fingerprint density at radius 1 is 1.26 bits per heavy atom. The zero-order chi connectivity index (χ0) is 17.0. The first kappa shape index (κ1) is 17.5. The number of hydrogen-bond acceptors (Lipinski definition) is 2. The van der Waals surface area contributed by atoms with E-state index >= 15 is 0 Å². The number of nitrogens with one attached hydrogen (secondary N) is 1. The number of aryl methyl sites for hydroxylation is 1. The molecule has 2 rings (SSSR count). The molecule has 5 nitrogen and oxygen atoms in total. The molecule has 0 radical (unpaired) electrons. The second-order valence-electron chi connectivity index (χ2n) is 6.57. The molecule has 1 aromatic rings. The highest BCUT2D eigenvalue weighted by Crippen LogP contribution is 2.19. The van der Waals surface area contributed by atoms with Gasteiger partial charge in [-0.1, -0.05) is 45.0 Å². The molecule has 1 fully saturated rings. The molecule has 0 saturated carbocycles. The molecular weight excluding hydrogens is 290 g/mol. The van der Waals surface area contributed by atoms with Crippen LogP contribution in [0.15, 0.2) is 24.3 Å². The average molecular weight is 318 g/mol. The molecule has 1 heterocycles. The number of carbonyl (C=O) groups excluding carboxylic acids is 2. The summed E-state index contributed by atoms with van der Waals surface area (Å²) in [5.41, 5.74) is 2.54. The maximum absolute atomic E-state index is 12.5. The maximum atomic E-state index is 12.5. The van der Waals surface area contributed by atoms with Gasteiger partial charge in [0, 0.05) is 24.6 Å². The van der Waals surface area contributed by atoms with E-state index in [-0.39, 0.29) is 24.0 Å². The number of nitrogens with two attached hydrogens (primary N) is 1. The summed E-state index contributed by atoms with van der Waals surface area (Å²) in [5.74, 6) is 0.279. The highest BCUT2D eigenvalue weighted by molar-refractivity contribution is 5.97. The Morgan fingerprint density at radius 3 is 2.39 bits per heavy atom. The fraction of sp³-hybridized carbons (Fsp3) is 0.556. The SMILES string of the molecule is CCc1ccc([C@H]([NH2+][C@H](C)C(=O)N2CCNC2=O)C(C)C)cc1. The molecule has 0 spiro atoms.